The number of nitrogens with zero attached hydrogens (tertiary/aromatic N) is 1. The van der Waals surface area contributed by atoms with Gasteiger partial charge in [0.15, 0.2) is 0 Å². The van der Waals surface area contributed by atoms with Gasteiger partial charge in [0.2, 0.25) is 0 Å². The minimum absolute atomic E-state index is 0.158. The molecule has 19 heavy (non-hydrogen) atoms. The number of benzene rings is 1. The zero-order valence-electron chi connectivity index (χ0n) is 11.4. The predicted molar refractivity (Wildman–Crippen MR) is 76.3 cm³/mol. The molecule has 3 heteroatoms. The minimum Gasteiger partial charge on any atom is -0.341 e. The molecule has 1 N–H and O–H groups in total. The Morgan fingerprint density at radius 3 is 2.95 bits per heavy atom. The number of hydrogen-bond donors (Lipinski definition) is 1. The molecule has 1 atom stereocenters. The highest BCUT2D eigenvalue weighted by atomic mass is 16.1. The van der Waals surface area contributed by atoms with Crippen molar-refractivity contribution < 1.29 is 4.79 Å². The number of carbonyl (C=O) groups excluding carboxylic acids is 1. The van der Waals surface area contributed by atoms with E-state index >= 15 is 0 Å². The van der Waals surface area contributed by atoms with Crippen LogP contribution in [0.5, 0.6) is 0 Å². The first-order valence-corrected chi connectivity index (χ1v) is 6.77. The van der Waals surface area contributed by atoms with E-state index in [-0.39, 0.29) is 11.9 Å². The normalized spacial score (nSPS) is 19.3. The van der Waals surface area contributed by atoms with Gasteiger partial charge in [-0.25, -0.2) is 0 Å². The molecule has 1 amide bonds. The van der Waals surface area contributed by atoms with Gasteiger partial charge in [-0.1, -0.05) is 36.3 Å². The van der Waals surface area contributed by atoms with Gasteiger partial charge in [0, 0.05) is 19.1 Å². The number of piperidine rings is 1. The molecule has 0 aromatic heterocycles. The first-order valence-electron chi connectivity index (χ1n) is 6.77. The van der Waals surface area contributed by atoms with Crippen molar-refractivity contribution in [2.24, 2.45) is 0 Å². The van der Waals surface area contributed by atoms with Crippen LogP contribution < -0.4 is 5.32 Å². The van der Waals surface area contributed by atoms with Crippen LogP contribution in [0.2, 0.25) is 0 Å². The highest BCUT2D eigenvalue weighted by molar-refractivity contribution is 5.93. The Balaban J connectivity index is 1.86. The summed E-state index contributed by atoms with van der Waals surface area (Å²) < 4.78 is 0. The third-order valence-corrected chi connectivity index (χ3v) is 3.33. The lowest BCUT2D eigenvalue weighted by atomic mass is 10.0. The van der Waals surface area contributed by atoms with Crippen molar-refractivity contribution >= 4 is 5.91 Å². The van der Waals surface area contributed by atoms with E-state index in [0.717, 1.165) is 32.5 Å². The van der Waals surface area contributed by atoms with Crippen molar-refractivity contribution in [3.8, 4) is 11.8 Å². The number of amides is 1. The molecule has 1 aliphatic rings. The number of carbonyl (C=O) groups is 1. The van der Waals surface area contributed by atoms with Gasteiger partial charge in [-0.05, 0) is 37.8 Å². The first-order chi connectivity index (χ1) is 9.28. The van der Waals surface area contributed by atoms with Gasteiger partial charge in [-0.2, -0.15) is 0 Å². The van der Waals surface area contributed by atoms with Crippen LogP contribution in [0, 0.1) is 11.8 Å². The van der Waals surface area contributed by atoms with Crippen LogP contribution in [-0.4, -0.2) is 29.9 Å². The van der Waals surface area contributed by atoms with Crippen molar-refractivity contribution in [3.63, 3.8) is 0 Å². The lowest BCUT2D eigenvalue weighted by Gasteiger charge is -2.32. The first kappa shape index (κ1) is 13.6. The van der Waals surface area contributed by atoms with Crippen LogP contribution in [0.15, 0.2) is 30.3 Å². The van der Waals surface area contributed by atoms with Crippen molar-refractivity contribution in [1.29, 1.82) is 0 Å². The molecular weight excluding hydrogens is 236 g/mol. The van der Waals surface area contributed by atoms with Crippen LogP contribution in [0.4, 0.5) is 0 Å². The zero-order valence-corrected chi connectivity index (χ0v) is 11.4. The van der Waals surface area contributed by atoms with Crippen molar-refractivity contribution in [3.05, 3.63) is 35.9 Å². The van der Waals surface area contributed by atoms with Gasteiger partial charge in [0.1, 0.15) is 0 Å². The number of likely N-dealkylation sites (tertiary alicyclic amines) is 1. The summed E-state index contributed by atoms with van der Waals surface area (Å²) in [5.41, 5.74) is 1.32. The zero-order chi connectivity index (χ0) is 13.5. The fraction of sp³-hybridized carbons (Fsp3) is 0.438. The van der Waals surface area contributed by atoms with E-state index in [2.05, 4.69) is 46.3 Å². The summed E-state index contributed by atoms with van der Waals surface area (Å²) in [5, 5.41) is 2.98. The third kappa shape index (κ3) is 4.42. The van der Waals surface area contributed by atoms with Crippen molar-refractivity contribution in [2.45, 2.75) is 32.4 Å². The van der Waals surface area contributed by atoms with E-state index in [9.17, 15) is 4.79 Å². The molecule has 0 aliphatic carbocycles. The summed E-state index contributed by atoms with van der Waals surface area (Å²) in [6, 6.07) is 10.7. The highest BCUT2D eigenvalue weighted by Crippen LogP contribution is 2.13. The van der Waals surface area contributed by atoms with Gasteiger partial charge in [-0.15, -0.1) is 0 Å². The Kier molecular flexibility index (Phi) is 5.00. The van der Waals surface area contributed by atoms with Gasteiger partial charge >= 0.3 is 0 Å². The summed E-state index contributed by atoms with van der Waals surface area (Å²) in [5.74, 6) is 5.01. The Morgan fingerprint density at radius 2 is 2.21 bits per heavy atom. The molecule has 1 aliphatic heterocycles. The lowest BCUT2D eigenvalue weighted by Crippen LogP contribution is -2.47. The molecule has 1 saturated heterocycles. The number of rotatable bonds is 3. The van der Waals surface area contributed by atoms with E-state index in [1.807, 2.05) is 6.07 Å². The van der Waals surface area contributed by atoms with Gasteiger partial charge in [-0.3, -0.25) is 9.69 Å². The molecule has 1 unspecified atom stereocenters. The molecule has 1 aromatic carbocycles. The van der Waals surface area contributed by atoms with Crippen LogP contribution in [-0.2, 0) is 11.3 Å². The molecule has 100 valence electrons. The van der Waals surface area contributed by atoms with E-state index in [1.54, 1.807) is 6.92 Å². The molecule has 0 bridgehead atoms. The van der Waals surface area contributed by atoms with E-state index in [1.165, 1.54) is 5.56 Å². The average molecular weight is 256 g/mol. The van der Waals surface area contributed by atoms with Gasteiger partial charge in [0.05, 0.1) is 0 Å². The second-order valence-electron chi connectivity index (χ2n) is 4.91. The maximum absolute atomic E-state index is 11.5. The van der Waals surface area contributed by atoms with Crippen LogP contribution >= 0.6 is 0 Å². The molecule has 1 heterocycles. The third-order valence-electron chi connectivity index (χ3n) is 3.33. The number of nitrogens with one attached hydrogen (secondary N) is 1. The van der Waals surface area contributed by atoms with Crippen molar-refractivity contribution in [2.75, 3.05) is 13.1 Å². The minimum atomic E-state index is -0.158. The molecule has 2 rings (SSSR count). The molecule has 1 aromatic rings. The van der Waals surface area contributed by atoms with Crippen molar-refractivity contribution in [1.82, 2.24) is 10.2 Å². The maximum Gasteiger partial charge on any atom is 0.296 e. The second-order valence-corrected chi connectivity index (χ2v) is 4.91. The summed E-state index contributed by atoms with van der Waals surface area (Å²) >= 11 is 0. The molecule has 1 fully saturated rings. The summed E-state index contributed by atoms with van der Waals surface area (Å²) in [6.07, 6.45) is 2.17. The average Bonchev–Trinajstić information content (AvgIpc) is 2.40. The Morgan fingerprint density at radius 1 is 1.42 bits per heavy atom. The predicted octanol–water partition coefficient (Wildman–Crippen LogP) is 1.79. The molecule has 0 spiro atoms. The summed E-state index contributed by atoms with van der Waals surface area (Å²) in [7, 11) is 0. The maximum atomic E-state index is 11.5. The lowest BCUT2D eigenvalue weighted by molar-refractivity contribution is -0.116. The largest absolute Gasteiger partial charge is 0.341 e. The summed E-state index contributed by atoms with van der Waals surface area (Å²) in [4.78, 5) is 13.9. The fourth-order valence-electron chi connectivity index (χ4n) is 2.49. The van der Waals surface area contributed by atoms with Crippen LogP contribution in [0.3, 0.4) is 0 Å². The molecule has 3 nitrogen and oxygen atoms in total. The Labute approximate surface area is 115 Å². The number of hydrogen-bond acceptors (Lipinski definition) is 2. The van der Waals surface area contributed by atoms with E-state index in [0.29, 0.717) is 0 Å². The van der Waals surface area contributed by atoms with Gasteiger partial charge < -0.3 is 5.32 Å². The van der Waals surface area contributed by atoms with E-state index < -0.39 is 0 Å². The Hall–Kier alpha value is -1.79. The standard InChI is InChI=1S/C16H20N2O/c1-2-7-16(19)17-15-10-6-11-18(13-15)12-14-8-4-3-5-9-14/h3-5,8-9,15H,6,10-13H2,1H3,(H,17,19). The van der Waals surface area contributed by atoms with E-state index in [4.69, 9.17) is 0 Å². The summed E-state index contributed by atoms with van der Waals surface area (Å²) in [6.45, 7) is 4.64. The monoisotopic (exact) mass is 256 g/mol. The molecular formula is C16H20N2O. The van der Waals surface area contributed by atoms with Crippen LogP contribution in [0.1, 0.15) is 25.3 Å². The quantitative estimate of drug-likeness (QED) is 0.836. The van der Waals surface area contributed by atoms with Gasteiger partial charge in [0.25, 0.3) is 5.91 Å². The van der Waals surface area contributed by atoms with Crippen LogP contribution in [0.25, 0.3) is 0 Å². The highest BCUT2D eigenvalue weighted by Gasteiger charge is 2.20. The molecule has 0 radical (unpaired) electrons. The molecule has 0 saturated carbocycles. The fourth-order valence-corrected chi connectivity index (χ4v) is 2.49. The Bertz CT molecular complexity index is 473. The second kappa shape index (κ2) is 6.96. The topological polar surface area (TPSA) is 32.3 Å². The smallest absolute Gasteiger partial charge is 0.296 e. The SMILES string of the molecule is CC#CC(=O)NC1CCCN(Cc2ccccc2)C1.